The summed E-state index contributed by atoms with van der Waals surface area (Å²) in [5.41, 5.74) is 2.42. The number of rotatable bonds is 5. The highest BCUT2D eigenvalue weighted by molar-refractivity contribution is 6.03. The van der Waals surface area contributed by atoms with Gasteiger partial charge in [-0.25, -0.2) is 9.37 Å². The Bertz CT molecular complexity index is 1020. The molecule has 6 nitrogen and oxygen atoms in total. The lowest BCUT2D eigenvalue weighted by molar-refractivity contribution is -0.112. The van der Waals surface area contributed by atoms with Crippen LogP contribution in [-0.4, -0.2) is 34.9 Å². The molecule has 27 heavy (non-hydrogen) atoms. The average molecular weight is 368 g/mol. The summed E-state index contributed by atoms with van der Waals surface area (Å²) in [6, 6.07) is 7.81. The number of hydrogen-bond acceptors (Lipinski definition) is 4. The highest BCUT2D eigenvalue weighted by atomic mass is 19.1. The molecule has 0 unspecified atom stereocenters. The Morgan fingerprint density at radius 2 is 1.96 bits per heavy atom. The van der Waals surface area contributed by atoms with E-state index in [9.17, 15) is 9.18 Å². The lowest BCUT2D eigenvalue weighted by atomic mass is 10.2. The number of fused-ring (bicyclic) bond motifs is 1. The molecule has 0 atom stereocenters. The fourth-order valence-electron chi connectivity index (χ4n) is 2.53. The first-order valence-electron chi connectivity index (χ1n) is 8.42. The number of ether oxygens (including phenoxy) is 1. The number of pyridine rings is 1. The van der Waals surface area contributed by atoms with Crippen LogP contribution in [0.1, 0.15) is 13.8 Å². The van der Waals surface area contributed by atoms with Crippen molar-refractivity contribution in [1.29, 1.82) is 0 Å². The first-order valence-corrected chi connectivity index (χ1v) is 8.42. The predicted octanol–water partition coefficient (Wildman–Crippen LogP) is 4.29. The number of aromatic nitrogens is 2. The number of nitrogens with one attached hydrogen (secondary N) is 2. The summed E-state index contributed by atoms with van der Waals surface area (Å²) in [4.78, 5) is 21.3. The van der Waals surface area contributed by atoms with E-state index in [0.29, 0.717) is 22.7 Å². The van der Waals surface area contributed by atoms with E-state index in [4.69, 9.17) is 4.74 Å². The van der Waals surface area contributed by atoms with Crippen molar-refractivity contribution < 1.29 is 13.9 Å². The SMILES string of the molecule is CC(C(=O)Nc1ccc(Oc2ccnc3[nH]ccc23)c(F)c1)=C(C)N(C)C. The lowest BCUT2D eigenvalue weighted by Crippen LogP contribution is -2.19. The van der Waals surface area contributed by atoms with Gasteiger partial charge in [0, 0.05) is 49.5 Å². The molecular weight excluding hydrogens is 347 g/mol. The molecule has 1 amide bonds. The van der Waals surface area contributed by atoms with E-state index in [2.05, 4.69) is 15.3 Å². The number of amides is 1. The Morgan fingerprint density at radius 3 is 2.67 bits per heavy atom. The molecule has 3 rings (SSSR count). The molecule has 2 N–H and O–H groups in total. The molecule has 0 radical (unpaired) electrons. The molecule has 0 aliphatic carbocycles. The molecule has 0 aliphatic heterocycles. The van der Waals surface area contributed by atoms with Gasteiger partial charge in [-0.3, -0.25) is 4.79 Å². The minimum atomic E-state index is -0.570. The fourth-order valence-corrected chi connectivity index (χ4v) is 2.53. The van der Waals surface area contributed by atoms with E-state index in [-0.39, 0.29) is 11.7 Å². The van der Waals surface area contributed by atoms with Crippen LogP contribution >= 0.6 is 0 Å². The second-order valence-electron chi connectivity index (χ2n) is 6.36. The van der Waals surface area contributed by atoms with Crippen LogP contribution in [0.25, 0.3) is 11.0 Å². The molecule has 140 valence electrons. The number of nitrogens with zero attached hydrogens (tertiary/aromatic N) is 2. The summed E-state index contributed by atoms with van der Waals surface area (Å²) in [6.07, 6.45) is 3.33. The zero-order valence-electron chi connectivity index (χ0n) is 15.6. The number of carbonyl (C=O) groups excluding carboxylic acids is 1. The largest absolute Gasteiger partial charge is 0.453 e. The van der Waals surface area contributed by atoms with Gasteiger partial charge in [0.05, 0.1) is 5.39 Å². The highest BCUT2D eigenvalue weighted by Crippen LogP contribution is 2.31. The summed E-state index contributed by atoms with van der Waals surface area (Å²) in [7, 11) is 3.72. The number of allylic oxidation sites excluding steroid dienone is 1. The van der Waals surface area contributed by atoms with Gasteiger partial charge in [-0.15, -0.1) is 0 Å². The van der Waals surface area contributed by atoms with Gasteiger partial charge in [0.25, 0.3) is 5.91 Å². The second-order valence-corrected chi connectivity index (χ2v) is 6.36. The van der Waals surface area contributed by atoms with Crippen molar-refractivity contribution in [3.63, 3.8) is 0 Å². The Morgan fingerprint density at radius 1 is 1.19 bits per heavy atom. The Hall–Kier alpha value is -3.35. The zero-order chi connectivity index (χ0) is 19.6. The third kappa shape index (κ3) is 3.92. The summed E-state index contributed by atoms with van der Waals surface area (Å²) >= 11 is 0. The number of aromatic amines is 1. The summed E-state index contributed by atoms with van der Waals surface area (Å²) in [6.45, 7) is 3.58. The quantitative estimate of drug-likeness (QED) is 0.659. The first kappa shape index (κ1) is 18.4. The maximum atomic E-state index is 14.5. The monoisotopic (exact) mass is 368 g/mol. The van der Waals surface area contributed by atoms with Crippen molar-refractivity contribution in [2.75, 3.05) is 19.4 Å². The van der Waals surface area contributed by atoms with E-state index in [1.165, 1.54) is 12.1 Å². The van der Waals surface area contributed by atoms with Crippen molar-refractivity contribution in [2.45, 2.75) is 13.8 Å². The van der Waals surface area contributed by atoms with E-state index in [1.54, 1.807) is 31.5 Å². The molecule has 0 spiro atoms. The van der Waals surface area contributed by atoms with Crippen LogP contribution in [0.5, 0.6) is 11.5 Å². The topological polar surface area (TPSA) is 70.2 Å². The maximum absolute atomic E-state index is 14.5. The van der Waals surface area contributed by atoms with Gasteiger partial charge in [0.2, 0.25) is 0 Å². The predicted molar refractivity (Wildman–Crippen MR) is 103 cm³/mol. The number of H-pyrrole nitrogens is 1. The van der Waals surface area contributed by atoms with Crippen molar-refractivity contribution >= 4 is 22.6 Å². The molecule has 7 heteroatoms. The van der Waals surface area contributed by atoms with E-state index in [0.717, 1.165) is 11.1 Å². The average Bonchev–Trinajstić information content (AvgIpc) is 3.12. The maximum Gasteiger partial charge on any atom is 0.253 e. The van der Waals surface area contributed by atoms with Crippen LogP contribution in [0.3, 0.4) is 0 Å². The zero-order valence-corrected chi connectivity index (χ0v) is 15.6. The van der Waals surface area contributed by atoms with E-state index >= 15 is 0 Å². The molecule has 0 saturated heterocycles. The van der Waals surface area contributed by atoms with Crippen LogP contribution in [0.4, 0.5) is 10.1 Å². The Balaban J connectivity index is 1.79. The van der Waals surface area contributed by atoms with Crippen LogP contribution in [0, 0.1) is 5.82 Å². The normalized spacial score (nSPS) is 11.9. The molecule has 0 fully saturated rings. The van der Waals surface area contributed by atoms with Crippen LogP contribution in [-0.2, 0) is 4.79 Å². The molecule has 3 aromatic rings. The fraction of sp³-hybridized carbons (Fsp3) is 0.200. The number of carbonyl (C=O) groups is 1. The molecule has 2 heterocycles. The molecular formula is C20H21FN4O2. The smallest absolute Gasteiger partial charge is 0.253 e. The summed E-state index contributed by atoms with van der Waals surface area (Å²) < 4.78 is 20.2. The van der Waals surface area contributed by atoms with Crippen molar-refractivity contribution in [3.05, 3.63) is 59.8 Å². The van der Waals surface area contributed by atoms with Gasteiger partial charge in [-0.1, -0.05) is 0 Å². The van der Waals surface area contributed by atoms with Gasteiger partial charge in [-0.05, 0) is 38.1 Å². The van der Waals surface area contributed by atoms with Crippen molar-refractivity contribution in [2.24, 2.45) is 0 Å². The Kier molecular flexibility index (Phi) is 5.12. The van der Waals surface area contributed by atoms with E-state index < -0.39 is 5.82 Å². The summed E-state index contributed by atoms with van der Waals surface area (Å²) in [5.74, 6) is -0.285. The van der Waals surface area contributed by atoms with Gasteiger partial charge in [-0.2, -0.15) is 0 Å². The summed E-state index contributed by atoms with van der Waals surface area (Å²) in [5, 5.41) is 3.46. The van der Waals surface area contributed by atoms with Gasteiger partial charge >= 0.3 is 0 Å². The number of hydrogen-bond donors (Lipinski definition) is 2. The van der Waals surface area contributed by atoms with E-state index in [1.807, 2.05) is 32.0 Å². The number of anilines is 1. The van der Waals surface area contributed by atoms with Gasteiger partial charge in [0.15, 0.2) is 11.6 Å². The third-order valence-corrected chi connectivity index (χ3v) is 4.38. The van der Waals surface area contributed by atoms with Crippen LogP contribution < -0.4 is 10.1 Å². The number of benzene rings is 1. The highest BCUT2D eigenvalue weighted by Gasteiger charge is 2.13. The van der Waals surface area contributed by atoms with Gasteiger partial charge in [0.1, 0.15) is 11.4 Å². The number of halogens is 1. The Labute approximate surface area is 156 Å². The van der Waals surface area contributed by atoms with Crippen molar-refractivity contribution in [1.82, 2.24) is 14.9 Å². The molecule has 1 aromatic carbocycles. The minimum absolute atomic E-state index is 0.0680. The van der Waals surface area contributed by atoms with Crippen LogP contribution in [0.2, 0.25) is 0 Å². The standard InChI is InChI=1S/C20H21FN4O2/c1-12(13(2)25(3)4)20(26)24-14-5-6-18(16(21)11-14)27-17-8-10-23-19-15(17)7-9-22-19/h5-11H,1-4H3,(H,22,23)(H,24,26). The molecule has 2 aromatic heterocycles. The molecule has 0 saturated carbocycles. The minimum Gasteiger partial charge on any atom is -0.453 e. The lowest BCUT2D eigenvalue weighted by Gasteiger charge is -2.16. The third-order valence-electron chi connectivity index (χ3n) is 4.38. The molecule has 0 bridgehead atoms. The van der Waals surface area contributed by atoms with Crippen molar-refractivity contribution in [3.8, 4) is 11.5 Å². The first-order chi connectivity index (χ1) is 12.9. The van der Waals surface area contributed by atoms with Gasteiger partial charge < -0.3 is 19.9 Å². The second kappa shape index (κ2) is 7.49. The van der Waals surface area contributed by atoms with Crippen LogP contribution in [0.15, 0.2) is 54.0 Å². The molecule has 0 aliphatic rings.